The second-order valence-electron chi connectivity index (χ2n) is 5.40. The number of hydrogen-bond acceptors (Lipinski definition) is 3. The van der Waals surface area contributed by atoms with Crippen LogP contribution in [0.2, 0.25) is 0 Å². The van der Waals surface area contributed by atoms with E-state index in [1.165, 1.54) is 17.8 Å². The third-order valence-electron chi connectivity index (χ3n) is 4.27. The van der Waals surface area contributed by atoms with Gasteiger partial charge in [0.25, 0.3) is 5.91 Å². The summed E-state index contributed by atoms with van der Waals surface area (Å²) >= 11 is 4.97. The number of hydrogen-bond donors (Lipinski definition) is 2. The molecule has 0 bridgehead atoms. The fraction of sp³-hybridized carbons (Fsp3) is 0.400. The molecule has 20 heavy (non-hydrogen) atoms. The highest BCUT2D eigenvalue weighted by Gasteiger charge is 2.37. The van der Waals surface area contributed by atoms with Gasteiger partial charge in [-0.1, -0.05) is 28.9 Å². The molecular weight excluding hydrogens is 336 g/mol. The van der Waals surface area contributed by atoms with Crippen LogP contribution in [0.5, 0.6) is 0 Å². The van der Waals surface area contributed by atoms with Gasteiger partial charge in [0.2, 0.25) is 0 Å². The molecule has 1 aromatic carbocycles. The third kappa shape index (κ3) is 2.13. The van der Waals surface area contributed by atoms with E-state index >= 15 is 0 Å². The molecular formula is C15H17BrN2OS. The summed E-state index contributed by atoms with van der Waals surface area (Å²) in [6.07, 6.45) is 4.32. The van der Waals surface area contributed by atoms with Crippen LogP contribution in [-0.2, 0) is 0 Å². The van der Waals surface area contributed by atoms with Crippen LogP contribution in [0, 0.1) is 0 Å². The molecule has 1 saturated carbocycles. The topological polar surface area (TPSA) is 55.1 Å². The van der Waals surface area contributed by atoms with Crippen LogP contribution in [0.3, 0.4) is 0 Å². The average molecular weight is 353 g/mol. The highest BCUT2D eigenvalue weighted by Crippen LogP contribution is 2.40. The van der Waals surface area contributed by atoms with Crippen LogP contribution < -0.4 is 11.1 Å². The zero-order valence-corrected chi connectivity index (χ0v) is 13.7. The number of carbonyl (C=O) groups excluding carboxylic acids is 1. The number of anilines is 1. The van der Waals surface area contributed by atoms with Crippen molar-refractivity contribution in [1.29, 1.82) is 0 Å². The van der Waals surface area contributed by atoms with Crippen molar-refractivity contribution in [3.63, 3.8) is 0 Å². The van der Waals surface area contributed by atoms with Crippen LogP contribution in [-0.4, -0.2) is 11.4 Å². The Bertz CT molecular complexity index is 670. The predicted molar refractivity (Wildman–Crippen MR) is 88.3 cm³/mol. The highest BCUT2D eigenvalue weighted by molar-refractivity contribution is 9.10. The van der Waals surface area contributed by atoms with Crippen molar-refractivity contribution >= 4 is 48.9 Å². The van der Waals surface area contributed by atoms with Crippen molar-refractivity contribution in [1.82, 2.24) is 5.32 Å². The summed E-state index contributed by atoms with van der Waals surface area (Å²) in [6, 6.07) is 5.91. The standard InChI is InChI=1S/C15H17BrN2OS/c1-2-15(7-4-8-15)18-14(19)13-12(17)11-9(16)5-3-6-10(11)20-13/h3,5-6H,2,4,7-8,17H2,1H3,(H,18,19). The first-order valence-electron chi connectivity index (χ1n) is 6.85. The molecule has 3 nitrogen and oxygen atoms in total. The Balaban J connectivity index is 1.96. The molecule has 1 aliphatic rings. The number of nitrogen functional groups attached to an aromatic ring is 1. The molecule has 0 atom stereocenters. The number of thiophene rings is 1. The molecule has 3 rings (SSSR count). The predicted octanol–water partition coefficient (Wildman–Crippen LogP) is 4.31. The van der Waals surface area contributed by atoms with Gasteiger partial charge in [-0.05, 0) is 37.8 Å². The molecule has 1 heterocycles. The lowest BCUT2D eigenvalue weighted by molar-refractivity contribution is 0.0825. The third-order valence-corrected chi connectivity index (χ3v) is 6.10. The molecule has 0 saturated heterocycles. The molecule has 1 aliphatic carbocycles. The van der Waals surface area contributed by atoms with E-state index in [-0.39, 0.29) is 11.4 Å². The van der Waals surface area contributed by atoms with E-state index in [4.69, 9.17) is 5.73 Å². The van der Waals surface area contributed by atoms with E-state index in [0.29, 0.717) is 10.6 Å². The molecule has 2 aromatic rings. The number of fused-ring (bicyclic) bond motifs is 1. The number of halogens is 1. The van der Waals surface area contributed by atoms with Crippen LogP contribution >= 0.6 is 27.3 Å². The van der Waals surface area contributed by atoms with E-state index < -0.39 is 0 Å². The number of benzene rings is 1. The second-order valence-corrected chi connectivity index (χ2v) is 7.31. The van der Waals surface area contributed by atoms with Crippen molar-refractivity contribution in [2.24, 2.45) is 0 Å². The summed E-state index contributed by atoms with van der Waals surface area (Å²) in [5.74, 6) is -0.0304. The normalized spacial score (nSPS) is 16.9. The molecule has 1 amide bonds. The summed E-state index contributed by atoms with van der Waals surface area (Å²) in [5.41, 5.74) is 6.76. The molecule has 3 N–H and O–H groups in total. The van der Waals surface area contributed by atoms with Crippen LogP contribution in [0.25, 0.3) is 10.1 Å². The Hall–Kier alpha value is -1.07. The largest absolute Gasteiger partial charge is 0.397 e. The summed E-state index contributed by atoms with van der Waals surface area (Å²) in [5, 5.41) is 4.14. The quantitative estimate of drug-likeness (QED) is 0.864. The second kappa shape index (κ2) is 5.04. The van der Waals surface area contributed by atoms with Gasteiger partial charge in [-0.3, -0.25) is 4.79 Å². The van der Waals surface area contributed by atoms with E-state index in [2.05, 4.69) is 28.2 Å². The van der Waals surface area contributed by atoms with Gasteiger partial charge in [0.05, 0.1) is 5.69 Å². The number of nitrogens with two attached hydrogens (primary N) is 1. The molecule has 106 valence electrons. The average Bonchev–Trinajstić information content (AvgIpc) is 2.72. The van der Waals surface area contributed by atoms with Gasteiger partial charge in [0.1, 0.15) is 4.88 Å². The number of carbonyl (C=O) groups is 1. The zero-order valence-electron chi connectivity index (χ0n) is 11.3. The summed E-state index contributed by atoms with van der Waals surface area (Å²) in [4.78, 5) is 13.1. The first-order chi connectivity index (χ1) is 9.56. The molecule has 0 unspecified atom stereocenters. The van der Waals surface area contributed by atoms with Crippen LogP contribution in [0.1, 0.15) is 42.3 Å². The SMILES string of the molecule is CCC1(NC(=O)c2sc3cccc(Br)c3c2N)CCC1. The van der Waals surface area contributed by atoms with Gasteiger partial charge < -0.3 is 11.1 Å². The molecule has 1 fully saturated rings. The Morgan fingerprint density at radius 2 is 2.25 bits per heavy atom. The minimum Gasteiger partial charge on any atom is -0.397 e. The zero-order chi connectivity index (χ0) is 14.3. The summed E-state index contributed by atoms with van der Waals surface area (Å²) in [7, 11) is 0. The lowest BCUT2D eigenvalue weighted by Gasteiger charge is -2.41. The van der Waals surface area contributed by atoms with Crippen molar-refractivity contribution in [2.75, 3.05) is 5.73 Å². The van der Waals surface area contributed by atoms with Crippen molar-refractivity contribution in [2.45, 2.75) is 38.1 Å². The van der Waals surface area contributed by atoms with Gasteiger partial charge >= 0.3 is 0 Å². The Morgan fingerprint density at radius 3 is 2.80 bits per heavy atom. The van der Waals surface area contributed by atoms with Crippen molar-refractivity contribution < 1.29 is 4.79 Å². The molecule has 0 radical (unpaired) electrons. The molecule has 0 aliphatic heterocycles. The van der Waals surface area contributed by atoms with Gasteiger partial charge in [0.15, 0.2) is 0 Å². The minimum atomic E-state index is -0.0304. The Kier molecular flexibility index (Phi) is 3.50. The highest BCUT2D eigenvalue weighted by atomic mass is 79.9. The van der Waals surface area contributed by atoms with Gasteiger partial charge in [-0.2, -0.15) is 0 Å². The first-order valence-corrected chi connectivity index (χ1v) is 8.46. The number of rotatable bonds is 3. The van der Waals surface area contributed by atoms with E-state index in [1.54, 1.807) is 0 Å². The van der Waals surface area contributed by atoms with Gasteiger partial charge in [-0.15, -0.1) is 11.3 Å². The lowest BCUT2D eigenvalue weighted by atomic mass is 9.75. The number of nitrogens with one attached hydrogen (secondary N) is 1. The minimum absolute atomic E-state index is 0.00305. The Labute approximate surface area is 130 Å². The maximum atomic E-state index is 12.5. The van der Waals surface area contributed by atoms with E-state index in [1.807, 2.05) is 18.2 Å². The van der Waals surface area contributed by atoms with E-state index in [9.17, 15) is 4.79 Å². The maximum Gasteiger partial charge on any atom is 0.263 e. The van der Waals surface area contributed by atoms with Crippen molar-refractivity contribution in [3.8, 4) is 0 Å². The Morgan fingerprint density at radius 1 is 1.50 bits per heavy atom. The van der Waals surface area contributed by atoms with Crippen LogP contribution in [0.4, 0.5) is 5.69 Å². The van der Waals surface area contributed by atoms with Crippen LogP contribution in [0.15, 0.2) is 22.7 Å². The molecule has 0 spiro atoms. The van der Waals surface area contributed by atoms with Crippen molar-refractivity contribution in [3.05, 3.63) is 27.5 Å². The van der Waals surface area contributed by atoms with E-state index in [0.717, 1.165) is 33.8 Å². The first kappa shape index (κ1) is 13.9. The molecule has 1 aromatic heterocycles. The number of amides is 1. The van der Waals surface area contributed by atoms with Gasteiger partial charge in [-0.25, -0.2) is 0 Å². The maximum absolute atomic E-state index is 12.5. The fourth-order valence-electron chi connectivity index (χ4n) is 2.77. The molecule has 5 heteroatoms. The monoisotopic (exact) mass is 352 g/mol. The lowest BCUT2D eigenvalue weighted by Crippen LogP contribution is -2.52. The summed E-state index contributed by atoms with van der Waals surface area (Å²) < 4.78 is 1.98. The fourth-order valence-corrected chi connectivity index (χ4v) is 4.52. The smallest absolute Gasteiger partial charge is 0.263 e. The summed E-state index contributed by atoms with van der Waals surface area (Å²) in [6.45, 7) is 2.13. The van der Waals surface area contributed by atoms with Gasteiger partial charge in [0, 0.05) is 20.1 Å².